The summed E-state index contributed by atoms with van der Waals surface area (Å²) in [5, 5.41) is 0. The number of benzene rings is 2. The van der Waals surface area contributed by atoms with Crippen molar-refractivity contribution in [3.8, 4) is 0 Å². The zero-order valence-electron chi connectivity index (χ0n) is 14.4. The average molecular weight is 336 g/mol. The second kappa shape index (κ2) is 5.70. The van der Waals surface area contributed by atoms with Crippen LogP contribution in [0.4, 0.5) is 16.2 Å². The molecule has 2 aliphatic rings. The zero-order valence-corrected chi connectivity index (χ0v) is 14.4. The number of rotatable bonds is 3. The van der Waals surface area contributed by atoms with Gasteiger partial charge < -0.3 is 4.74 Å². The Morgan fingerprint density at radius 2 is 1.56 bits per heavy atom. The molecule has 25 heavy (non-hydrogen) atoms. The van der Waals surface area contributed by atoms with Gasteiger partial charge in [0.2, 0.25) is 0 Å². The summed E-state index contributed by atoms with van der Waals surface area (Å²) in [7, 11) is 0. The summed E-state index contributed by atoms with van der Waals surface area (Å²) in [6, 6.07) is 14.9. The third-order valence-electron chi connectivity index (χ3n) is 4.99. The van der Waals surface area contributed by atoms with E-state index < -0.39 is 5.54 Å². The van der Waals surface area contributed by atoms with E-state index in [4.69, 9.17) is 4.74 Å². The Morgan fingerprint density at radius 3 is 2.08 bits per heavy atom. The molecule has 0 N–H and O–H groups in total. The van der Waals surface area contributed by atoms with Crippen LogP contribution in [0.3, 0.4) is 0 Å². The van der Waals surface area contributed by atoms with E-state index in [9.17, 15) is 9.59 Å². The van der Waals surface area contributed by atoms with Crippen LogP contribution in [0.25, 0.3) is 0 Å². The lowest BCUT2D eigenvalue weighted by molar-refractivity contribution is -0.136. The van der Waals surface area contributed by atoms with Gasteiger partial charge in [0.25, 0.3) is 5.91 Å². The SMILES string of the molecule is CCc1ccc(N2C(=O)N(c3ccc(C)cc3)C3(COC3)C2=O)cc1. The maximum absolute atomic E-state index is 13.1. The number of nitrogens with zero attached hydrogens (tertiary/aromatic N) is 2. The summed E-state index contributed by atoms with van der Waals surface area (Å²) in [6.45, 7) is 4.52. The van der Waals surface area contributed by atoms with Crippen molar-refractivity contribution < 1.29 is 14.3 Å². The first kappa shape index (κ1) is 15.8. The maximum Gasteiger partial charge on any atom is 0.337 e. The van der Waals surface area contributed by atoms with E-state index in [0.29, 0.717) is 5.69 Å². The highest BCUT2D eigenvalue weighted by molar-refractivity contribution is 6.31. The monoisotopic (exact) mass is 336 g/mol. The molecule has 2 aromatic rings. The number of anilines is 2. The predicted molar refractivity (Wildman–Crippen MR) is 95.9 cm³/mol. The molecule has 2 saturated heterocycles. The Bertz CT molecular complexity index is 823. The quantitative estimate of drug-likeness (QED) is 0.808. The van der Waals surface area contributed by atoms with Gasteiger partial charge in [-0.05, 0) is 43.2 Å². The van der Waals surface area contributed by atoms with E-state index in [2.05, 4.69) is 6.92 Å². The molecule has 3 amide bonds. The molecular weight excluding hydrogens is 316 g/mol. The van der Waals surface area contributed by atoms with Crippen LogP contribution in [0, 0.1) is 6.92 Å². The third-order valence-corrected chi connectivity index (χ3v) is 4.99. The number of aryl methyl sites for hydroxylation is 2. The van der Waals surface area contributed by atoms with Crippen molar-refractivity contribution in [1.29, 1.82) is 0 Å². The molecule has 0 radical (unpaired) electrons. The molecule has 2 fully saturated rings. The molecule has 0 saturated carbocycles. The number of amides is 3. The Labute approximate surface area is 146 Å². The molecule has 0 atom stereocenters. The van der Waals surface area contributed by atoms with Gasteiger partial charge in [-0.3, -0.25) is 9.69 Å². The average Bonchev–Trinajstić information content (AvgIpc) is 2.83. The Balaban J connectivity index is 1.76. The van der Waals surface area contributed by atoms with Crippen molar-refractivity contribution in [3.63, 3.8) is 0 Å². The fourth-order valence-electron chi connectivity index (χ4n) is 3.38. The lowest BCUT2D eigenvalue weighted by Gasteiger charge is -2.41. The fourth-order valence-corrected chi connectivity index (χ4v) is 3.38. The van der Waals surface area contributed by atoms with E-state index in [1.807, 2.05) is 55.5 Å². The van der Waals surface area contributed by atoms with Gasteiger partial charge in [0, 0.05) is 5.69 Å². The molecule has 0 bridgehead atoms. The van der Waals surface area contributed by atoms with Crippen molar-refractivity contribution >= 4 is 23.3 Å². The largest absolute Gasteiger partial charge is 0.375 e. The van der Waals surface area contributed by atoms with E-state index >= 15 is 0 Å². The summed E-state index contributed by atoms with van der Waals surface area (Å²) in [6.07, 6.45) is 0.912. The Morgan fingerprint density at radius 1 is 0.960 bits per heavy atom. The first-order chi connectivity index (χ1) is 12.1. The number of carbonyl (C=O) groups excluding carboxylic acids is 2. The number of hydrogen-bond donors (Lipinski definition) is 0. The van der Waals surface area contributed by atoms with E-state index in [0.717, 1.165) is 17.7 Å². The Kier molecular flexibility index (Phi) is 3.62. The maximum atomic E-state index is 13.1. The van der Waals surface area contributed by atoms with Crippen LogP contribution in [0.5, 0.6) is 0 Å². The number of carbonyl (C=O) groups is 2. The lowest BCUT2D eigenvalue weighted by Crippen LogP contribution is -2.64. The normalized spacial score (nSPS) is 18.8. The molecule has 128 valence electrons. The van der Waals surface area contributed by atoms with Gasteiger partial charge in [-0.2, -0.15) is 0 Å². The van der Waals surface area contributed by atoms with E-state index in [-0.39, 0.29) is 25.2 Å². The second-order valence-corrected chi connectivity index (χ2v) is 6.64. The summed E-state index contributed by atoms with van der Waals surface area (Å²) in [5.41, 5.74) is 2.68. The third kappa shape index (κ3) is 2.27. The van der Waals surface area contributed by atoms with Gasteiger partial charge in [0.1, 0.15) is 0 Å². The molecular formula is C20H20N2O3. The molecule has 1 spiro atoms. The topological polar surface area (TPSA) is 49.9 Å². The van der Waals surface area contributed by atoms with Gasteiger partial charge in [0.05, 0.1) is 18.9 Å². The molecule has 2 heterocycles. The second-order valence-electron chi connectivity index (χ2n) is 6.64. The van der Waals surface area contributed by atoms with Crippen molar-refractivity contribution in [2.45, 2.75) is 25.8 Å². The van der Waals surface area contributed by atoms with E-state index in [1.54, 1.807) is 4.90 Å². The molecule has 2 aromatic carbocycles. The highest BCUT2D eigenvalue weighted by Gasteiger charge is 2.62. The van der Waals surface area contributed by atoms with Crippen molar-refractivity contribution in [2.24, 2.45) is 0 Å². The number of hydrogen-bond acceptors (Lipinski definition) is 3. The van der Waals surface area contributed by atoms with Crippen LogP contribution in [0.15, 0.2) is 48.5 Å². The smallest absolute Gasteiger partial charge is 0.337 e. The minimum absolute atomic E-state index is 0.214. The van der Waals surface area contributed by atoms with Gasteiger partial charge in [-0.25, -0.2) is 9.69 Å². The van der Waals surface area contributed by atoms with Gasteiger partial charge >= 0.3 is 6.03 Å². The Hall–Kier alpha value is -2.66. The van der Waals surface area contributed by atoms with Crippen molar-refractivity contribution in [1.82, 2.24) is 0 Å². The predicted octanol–water partition coefficient (Wildman–Crippen LogP) is 3.30. The minimum atomic E-state index is -0.921. The summed E-state index contributed by atoms with van der Waals surface area (Å²) >= 11 is 0. The first-order valence-corrected chi connectivity index (χ1v) is 8.49. The summed E-state index contributed by atoms with van der Waals surface area (Å²) in [4.78, 5) is 29.1. The van der Waals surface area contributed by atoms with Crippen LogP contribution in [0.1, 0.15) is 18.1 Å². The molecule has 4 rings (SSSR count). The minimum Gasteiger partial charge on any atom is -0.375 e. The van der Waals surface area contributed by atoms with Gasteiger partial charge in [-0.1, -0.05) is 36.8 Å². The fraction of sp³-hybridized carbons (Fsp3) is 0.300. The van der Waals surface area contributed by atoms with Crippen molar-refractivity contribution in [3.05, 3.63) is 59.7 Å². The zero-order chi connectivity index (χ0) is 17.6. The lowest BCUT2D eigenvalue weighted by atomic mass is 9.94. The van der Waals surface area contributed by atoms with Crippen LogP contribution in [-0.4, -0.2) is 30.7 Å². The van der Waals surface area contributed by atoms with Crippen LogP contribution in [-0.2, 0) is 16.0 Å². The van der Waals surface area contributed by atoms with Crippen LogP contribution < -0.4 is 9.80 Å². The molecule has 0 aliphatic carbocycles. The molecule has 2 aliphatic heterocycles. The van der Waals surface area contributed by atoms with Gasteiger partial charge in [0.15, 0.2) is 5.54 Å². The molecule has 0 aromatic heterocycles. The number of ether oxygens (including phenoxy) is 1. The van der Waals surface area contributed by atoms with E-state index in [1.165, 1.54) is 10.5 Å². The highest BCUT2D eigenvalue weighted by atomic mass is 16.5. The summed E-state index contributed by atoms with van der Waals surface area (Å²) in [5.74, 6) is -0.214. The molecule has 5 nitrogen and oxygen atoms in total. The van der Waals surface area contributed by atoms with Crippen LogP contribution >= 0.6 is 0 Å². The van der Waals surface area contributed by atoms with Crippen molar-refractivity contribution in [2.75, 3.05) is 23.0 Å². The standard InChI is InChI=1S/C20H20N2O3/c1-3-15-6-10-16(11-7-15)21-18(23)20(12-25-13-20)22(19(21)24)17-8-4-14(2)5-9-17/h4-11H,3,12-13H2,1-2H3. The first-order valence-electron chi connectivity index (χ1n) is 8.49. The number of urea groups is 1. The highest BCUT2D eigenvalue weighted by Crippen LogP contribution is 2.40. The number of imide groups is 1. The van der Waals surface area contributed by atoms with Gasteiger partial charge in [-0.15, -0.1) is 0 Å². The van der Waals surface area contributed by atoms with Crippen LogP contribution in [0.2, 0.25) is 0 Å². The summed E-state index contributed by atoms with van der Waals surface area (Å²) < 4.78 is 5.33. The molecule has 5 heteroatoms. The molecule has 0 unspecified atom stereocenters.